The van der Waals surface area contributed by atoms with Crippen LogP contribution < -0.4 is 29.5 Å². The van der Waals surface area contributed by atoms with E-state index in [1.54, 1.807) is 46.9 Å². The number of carboxylic acids is 3. The normalized spacial score (nSPS) is 12.5. The van der Waals surface area contributed by atoms with Crippen LogP contribution in [0.3, 0.4) is 0 Å². The predicted octanol–water partition coefficient (Wildman–Crippen LogP) is 10.0. The van der Waals surface area contributed by atoms with Gasteiger partial charge in [-0.15, -0.1) is 0 Å². The van der Waals surface area contributed by atoms with Crippen molar-refractivity contribution in [2.24, 2.45) is 0 Å². The number of carbonyl (C=O) groups is 7. The zero-order valence-electron chi connectivity index (χ0n) is 42.9. The van der Waals surface area contributed by atoms with E-state index in [9.17, 15) is 88.4 Å². The summed E-state index contributed by atoms with van der Waals surface area (Å²) in [6.07, 6.45) is -12.8. The van der Waals surface area contributed by atoms with Crippen molar-refractivity contribution < 1.29 is 122 Å². The Hall–Kier alpha value is -5.08. The molecule has 0 N–H and O–H groups in total. The van der Waals surface area contributed by atoms with Crippen molar-refractivity contribution in [1.29, 1.82) is 0 Å². The van der Waals surface area contributed by atoms with Crippen molar-refractivity contribution in [3.05, 3.63) is 182 Å². The molecule has 0 spiro atoms. The molecule has 0 saturated heterocycles. The van der Waals surface area contributed by atoms with Crippen LogP contribution >= 0.6 is 136 Å². The highest BCUT2D eigenvalue weighted by Crippen LogP contribution is 2.41. The summed E-state index contributed by atoms with van der Waals surface area (Å²) in [7, 11) is 2.80. The molecule has 460 valence electrons. The van der Waals surface area contributed by atoms with Crippen molar-refractivity contribution in [3.8, 4) is 17.2 Å². The zero-order valence-corrected chi connectivity index (χ0v) is 55.8. The number of halogens is 15. The van der Waals surface area contributed by atoms with Gasteiger partial charge in [0, 0.05) is 17.8 Å². The van der Waals surface area contributed by atoms with Crippen LogP contribution in [-0.4, -0.2) is 93.2 Å². The van der Waals surface area contributed by atoms with E-state index >= 15 is 0 Å². The summed E-state index contributed by atoms with van der Waals surface area (Å²) in [4.78, 5) is 82.0. The molecule has 6 aromatic carbocycles. The van der Waals surface area contributed by atoms with Crippen LogP contribution in [0.4, 0.5) is 39.5 Å². The molecule has 3 atom stereocenters. The summed E-state index contributed by atoms with van der Waals surface area (Å²) in [5.74, 6) is -28.8. The molecule has 32 heteroatoms. The van der Waals surface area contributed by atoms with E-state index in [2.05, 4.69) is 9.47 Å². The van der Waals surface area contributed by atoms with E-state index in [4.69, 9.17) is 23.7 Å². The highest BCUT2D eigenvalue weighted by molar-refractivity contribution is 14.1. The van der Waals surface area contributed by atoms with Crippen LogP contribution in [0, 0.1) is 21.4 Å². The number of rotatable bonds is 21. The van der Waals surface area contributed by atoms with Crippen molar-refractivity contribution in [2.75, 3.05) is 27.4 Å². The van der Waals surface area contributed by atoms with Crippen molar-refractivity contribution in [2.45, 2.75) is 42.3 Å². The van der Waals surface area contributed by atoms with Gasteiger partial charge in [0.2, 0.25) is 0 Å². The number of alkyl halides is 9. The molecule has 6 rings (SSSR count). The Bertz CT molecular complexity index is 3420. The van der Waals surface area contributed by atoms with Gasteiger partial charge < -0.3 is 62.9 Å². The second-order valence-electron chi connectivity index (χ2n) is 16.5. The summed E-state index contributed by atoms with van der Waals surface area (Å²) in [6, 6.07) is 28.3. The maximum Gasteiger partial charge on any atom is 0.491 e. The molecule has 0 bridgehead atoms. The van der Waals surface area contributed by atoms with Crippen LogP contribution in [0.25, 0.3) is 0 Å². The number of esters is 4. The van der Waals surface area contributed by atoms with E-state index in [1.807, 2.05) is 90.4 Å². The number of hydrogen-bond donors (Lipinski definition) is 0. The fourth-order valence-electron chi connectivity index (χ4n) is 6.74. The van der Waals surface area contributed by atoms with Gasteiger partial charge in [-0.2, -0.15) is 39.5 Å². The average molecular weight is 1890 g/mol. The minimum absolute atomic E-state index is 0.0844. The molecule has 0 aliphatic heterocycles. The Morgan fingerprint density at radius 2 is 0.721 bits per heavy atom. The minimum atomic E-state index is -5.40. The fourth-order valence-corrected chi connectivity index (χ4v) is 12.8. The van der Waals surface area contributed by atoms with Gasteiger partial charge in [0.15, 0.2) is 24.1 Å². The third kappa shape index (κ3) is 19.7. The van der Waals surface area contributed by atoms with Gasteiger partial charge in [0.25, 0.3) is 0 Å². The third-order valence-electron chi connectivity index (χ3n) is 10.6. The van der Waals surface area contributed by atoms with Crippen LogP contribution in [0.1, 0.15) is 66.1 Å². The highest BCUT2D eigenvalue weighted by atomic mass is 127. The smallest absolute Gasteiger partial charge is 0.491 e. The van der Waals surface area contributed by atoms with Gasteiger partial charge in [-0.3, -0.25) is 0 Å². The average Bonchev–Trinajstić information content (AvgIpc) is 1.80. The molecule has 0 saturated carbocycles. The first kappa shape index (κ1) is 73.4. The number of carbonyl (C=O) groups excluding carboxylic acids is 7. The van der Waals surface area contributed by atoms with Gasteiger partial charge in [-0.25, -0.2) is 19.2 Å². The number of carboxylic acid groups (broad SMARTS) is 3. The highest BCUT2D eigenvalue weighted by Gasteiger charge is 2.49. The fraction of sp³-hybridized carbons (Fsp3) is 0.204. The molecule has 0 heterocycles. The summed E-state index contributed by atoms with van der Waals surface area (Å²) in [5, 5.41) is 32.9. The topological polar surface area (TPSA) is 253 Å². The van der Waals surface area contributed by atoms with E-state index in [-0.39, 0.29) is 54.1 Å². The molecule has 0 fully saturated rings. The number of methoxy groups -OCH3 is 2. The van der Waals surface area contributed by atoms with Gasteiger partial charge in [-0.05, 0) is 189 Å². The van der Waals surface area contributed by atoms with E-state index < -0.39 is 101 Å². The maximum absolute atomic E-state index is 14.3. The lowest BCUT2D eigenvalue weighted by Gasteiger charge is -2.28. The second kappa shape index (κ2) is 32.4. The first-order valence-electron chi connectivity index (χ1n) is 23.1. The number of hydrogen-bond acceptors (Lipinski definition) is 17. The summed E-state index contributed by atoms with van der Waals surface area (Å²) < 4.78 is 160. The monoisotopic (exact) mass is 1890 g/mol. The van der Waals surface area contributed by atoms with Gasteiger partial charge >= 0.3 is 47.8 Å². The molecular formula is C54H34F9I6O17-3. The summed E-state index contributed by atoms with van der Waals surface area (Å²) >= 11 is 10.9. The SMILES string of the molecule is COCCOc1c(I)cc(I)cc1C(=O)OC(c1ccccc1)C(F)(F)C(=O)[O-].COc1c(I)cc(I)cc1C(=O)OC(c1ccccc1)C(F)(F)C(=O)[O-].O=C(OC(c1ccccc1)C(F)(F)C(=O)[O-])c1cc(I)cc(I)c1OC(=O)C(F)(F)F. The zero-order chi connectivity index (χ0) is 64.6. The number of benzene rings is 6. The molecule has 0 amide bonds. The van der Waals surface area contributed by atoms with E-state index in [1.165, 1.54) is 122 Å². The van der Waals surface area contributed by atoms with Gasteiger partial charge in [0.05, 0.1) is 24.4 Å². The van der Waals surface area contributed by atoms with Crippen molar-refractivity contribution in [3.63, 3.8) is 0 Å². The Morgan fingerprint density at radius 3 is 1.01 bits per heavy atom. The minimum Gasteiger partial charge on any atom is -0.544 e. The Kier molecular flexibility index (Phi) is 27.7. The molecule has 17 nitrogen and oxygen atoms in total. The molecule has 0 aromatic heterocycles. The Labute approximate surface area is 562 Å². The first-order valence-corrected chi connectivity index (χ1v) is 29.6. The Balaban J connectivity index is 0.000000277. The molecule has 3 unspecified atom stereocenters. The molecule has 86 heavy (non-hydrogen) atoms. The van der Waals surface area contributed by atoms with E-state index in [0.29, 0.717) is 14.3 Å². The summed E-state index contributed by atoms with van der Waals surface area (Å²) in [5.41, 5.74) is -1.75. The predicted molar refractivity (Wildman–Crippen MR) is 325 cm³/mol. The third-order valence-corrected chi connectivity index (χ3v) is 14.9. The van der Waals surface area contributed by atoms with Crippen LogP contribution in [0.15, 0.2) is 127 Å². The molecule has 0 aliphatic rings. The summed E-state index contributed by atoms with van der Waals surface area (Å²) in [6.45, 7) is 0.358. The van der Waals surface area contributed by atoms with Crippen LogP contribution in [0.5, 0.6) is 17.2 Å². The van der Waals surface area contributed by atoms with Crippen LogP contribution in [-0.2, 0) is 38.1 Å². The van der Waals surface area contributed by atoms with Crippen LogP contribution in [0.2, 0.25) is 0 Å². The molecule has 0 radical (unpaired) electrons. The standard InChI is InChI=1S/C19H16F2I2O6.C18H9F5I2O6.C17H12F2I2O5/c1-27-7-8-28-15-13(9-12(22)10-14(15)23)17(24)29-16(19(20,21)18(25)26)11-5-3-2-4-6-11;19-17(20,15(27)28)13(8-4-2-1-3-5-8)31-14(26)10-6-9(24)7-11(25)12(10)30-16(29)18(21,22)23;1-25-13-11(7-10(20)8-12(13)21)15(22)26-14(17(18,19)16(23)24)9-5-3-2-4-6-9/h2-6,9-10,16H,7-8H2,1H3,(H,25,26);1-7,13H,(H,27,28);2-8,14H,1H3,(H,23,24)/p-3. The van der Waals surface area contributed by atoms with Crippen molar-refractivity contribution >= 4 is 177 Å². The number of aliphatic carboxylic acids is 3. The Morgan fingerprint density at radius 1 is 0.430 bits per heavy atom. The van der Waals surface area contributed by atoms with Gasteiger partial charge in [-0.1, -0.05) is 91.0 Å². The maximum atomic E-state index is 14.3. The van der Waals surface area contributed by atoms with Crippen molar-refractivity contribution in [1.82, 2.24) is 0 Å². The van der Waals surface area contributed by atoms with Gasteiger partial charge in [0.1, 0.15) is 52.7 Å². The lowest BCUT2D eigenvalue weighted by molar-refractivity contribution is -0.337. The lowest BCUT2D eigenvalue weighted by atomic mass is 10.0. The largest absolute Gasteiger partial charge is 0.544 e. The quantitative estimate of drug-likeness (QED) is 0.0162. The molecule has 6 aromatic rings. The molecule has 0 aliphatic carbocycles. The molecular weight excluding hydrogens is 1850 g/mol. The van der Waals surface area contributed by atoms with E-state index in [0.717, 1.165) is 18.2 Å². The number of ether oxygens (including phenoxy) is 7. The lowest BCUT2D eigenvalue weighted by Crippen LogP contribution is -2.47. The first-order chi connectivity index (χ1) is 40.1. The second-order valence-corrected chi connectivity index (χ2v) is 23.8.